The van der Waals surface area contributed by atoms with Gasteiger partial charge in [0.25, 0.3) is 0 Å². The quantitative estimate of drug-likeness (QED) is 0.803. The molecule has 0 radical (unpaired) electrons. The third-order valence-corrected chi connectivity index (χ3v) is 5.44. The van der Waals surface area contributed by atoms with Crippen molar-refractivity contribution in [2.24, 2.45) is 22.7 Å². The summed E-state index contributed by atoms with van der Waals surface area (Å²) in [4.78, 5) is 11.9. The van der Waals surface area contributed by atoms with E-state index in [0.717, 1.165) is 12.5 Å². The predicted molar refractivity (Wildman–Crippen MR) is 78.9 cm³/mol. The van der Waals surface area contributed by atoms with Crippen molar-refractivity contribution in [3.05, 3.63) is 0 Å². The van der Waals surface area contributed by atoms with Crippen LogP contribution in [0.1, 0.15) is 53.9 Å². The van der Waals surface area contributed by atoms with Crippen molar-refractivity contribution in [2.45, 2.75) is 59.9 Å². The van der Waals surface area contributed by atoms with Crippen LogP contribution in [-0.4, -0.2) is 25.0 Å². The maximum Gasteiger partial charge on any atom is 0.233 e. The van der Waals surface area contributed by atoms with E-state index in [1.54, 1.807) is 0 Å². The normalized spacial score (nSPS) is 35.9. The smallest absolute Gasteiger partial charge is 0.233 e. The van der Waals surface area contributed by atoms with Crippen LogP contribution in [0.2, 0.25) is 0 Å². The van der Waals surface area contributed by atoms with Gasteiger partial charge in [-0.25, -0.2) is 0 Å². The molecule has 1 amide bonds. The zero-order valence-electron chi connectivity index (χ0n) is 13.2. The van der Waals surface area contributed by atoms with Crippen molar-refractivity contribution in [1.82, 2.24) is 10.6 Å². The first-order valence-electron chi connectivity index (χ1n) is 7.76. The fraction of sp³-hybridized carbons (Fsp3) is 0.938. The topological polar surface area (TPSA) is 41.1 Å². The number of hydrogen-bond acceptors (Lipinski definition) is 2. The Morgan fingerprint density at radius 1 is 1.32 bits per heavy atom. The van der Waals surface area contributed by atoms with E-state index in [2.05, 4.69) is 45.3 Å². The van der Waals surface area contributed by atoms with Crippen LogP contribution in [0, 0.1) is 22.7 Å². The van der Waals surface area contributed by atoms with Crippen LogP contribution in [-0.2, 0) is 4.79 Å². The monoisotopic (exact) mass is 266 g/mol. The first-order valence-corrected chi connectivity index (χ1v) is 7.76. The molecule has 3 heteroatoms. The van der Waals surface area contributed by atoms with Gasteiger partial charge in [0.05, 0.1) is 6.54 Å². The molecule has 3 nitrogen and oxygen atoms in total. The Morgan fingerprint density at radius 2 is 2.00 bits per heavy atom. The SMILES string of the molecule is CC(C)CNC(=O)CNC1C2(C)CCC(C2)C1(C)C. The van der Waals surface area contributed by atoms with Gasteiger partial charge in [-0.1, -0.05) is 34.6 Å². The molecule has 2 fully saturated rings. The average molecular weight is 266 g/mol. The molecule has 2 aliphatic carbocycles. The second-order valence-corrected chi connectivity index (χ2v) is 7.93. The fourth-order valence-electron chi connectivity index (χ4n) is 4.39. The second-order valence-electron chi connectivity index (χ2n) is 7.93. The molecule has 3 unspecified atom stereocenters. The molecule has 0 heterocycles. The lowest BCUT2D eigenvalue weighted by Crippen LogP contribution is -2.52. The van der Waals surface area contributed by atoms with Crippen LogP contribution in [0.25, 0.3) is 0 Å². The van der Waals surface area contributed by atoms with Crippen molar-refractivity contribution in [3.63, 3.8) is 0 Å². The number of rotatable bonds is 5. The van der Waals surface area contributed by atoms with Crippen molar-refractivity contribution in [1.29, 1.82) is 0 Å². The van der Waals surface area contributed by atoms with Gasteiger partial charge in [-0.05, 0) is 41.9 Å². The molecule has 0 aromatic heterocycles. The first-order chi connectivity index (χ1) is 8.75. The van der Waals surface area contributed by atoms with E-state index in [-0.39, 0.29) is 5.91 Å². The minimum Gasteiger partial charge on any atom is -0.355 e. The Bertz CT molecular complexity index is 346. The van der Waals surface area contributed by atoms with Gasteiger partial charge < -0.3 is 10.6 Å². The molecule has 2 saturated carbocycles. The number of carbonyl (C=O) groups excluding carboxylic acids is 1. The minimum absolute atomic E-state index is 0.135. The maximum absolute atomic E-state index is 11.9. The number of nitrogens with one attached hydrogen (secondary N) is 2. The largest absolute Gasteiger partial charge is 0.355 e. The van der Waals surface area contributed by atoms with Gasteiger partial charge in [-0.3, -0.25) is 4.79 Å². The average Bonchev–Trinajstić information content (AvgIpc) is 2.77. The van der Waals surface area contributed by atoms with Crippen LogP contribution in [0.3, 0.4) is 0 Å². The summed E-state index contributed by atoms with van der Waals surface area (Å²) in [5.41, 5.74) is 0.720. The Kier molecular flexibility index (Phi) is 3.97. The summed E-state index contributed by atoms with van der Waals surface area (Å²) in [7, 11) is 0. The zero-order valence-corrected chi connectivity index (χ0v) is 13.2. The summed E-state index contributed by atoms with van der Waals surface area (Å²) in [6.45, 7) is 12.6. The molecule has 0 spiro atoms. The molecular formula is C16H30N2O. The third kappa shape index (κ3) is 2.81. The first kappa shape index (κ1) is 14.8. The minimum atomic E-state index is 0.135. The standard InChI is InChI=1S/C16H30N2O/c1-11(2)9-17-13(19)10-18-14-15(3,4)12-6-7-16(14,5)8-12/h11-12,14,18H,6-10H2,1-5H3,(H,17,19). The van der Waals surface area contributed by atoms with E-state index in [9.17, 15) is 4.79 Å². The molecule has 2 bridgehead atoms. The lowest BCUT2D eigenvalue weighted by atomic mass is 9.68. The highest BCUT2D eigenvalue weighted by Crippen LogP contribution is 2.62. The number of fused-ring (bicyclic) bond motifs is 2. The number of carbonyl (C=O) groups is 1. The summed E-state index contributed by atoms with van der Waals surface area (Å²) in [6.07, 6.45) is 4.00. The summed E-state index contributed by atoms with van der Waals surface area (Å²) in [5.74, 6) is 1.48. The molecule has 2 rings (SSSR count). The number of hydrogen-bond donors (Lipinski definition) is 2. The molecule has 0 saturated heterocycles. The van der Waals surface area contributed by atoms with Gasteiger partial charge in [0.15, 0.2) is 0 Å². The third-order valence-electron chi connectivity index (χ3n) is 5.44. The van der Waals surface area contributed by atoms with Crippen LogP contribution in [0.15, 0.2) is 0 Å². The summed E-state index contributed by atoms with van der Waals surface area (Å²) >= 11 is 0. The van der Waals surface area contributed by atoms with E-state index in [1.807, 2.05) is 0 Å². The van der Waals surface area contributed by atoms with Crippen molar-refractivity contribution in [2.75, 3.05) is 13.1 Å². The molecule has 0 aliphatic heterocycles. The highest BCUT2D eigenvalue weighted by atomic mass is 16.1. The van der Waals surface area contributed by atoms with Gasteiger partial charge in [0.1, 0.15) is 0 Å². The Hall–Kier alpha value is -0.570. The molecule has 2 N–H and O–H groups in total. The van der Waals surface area contributed by atoms with Gasteiger partial charge in [-0.2, -0.15) is 0 Å². The number of amides is 1. The molecule has 110 valence electrons. The molecule has 0 aromatic carbocycles. The highest BCUT2D eigenvalue weighted by Gasteiger charge is 2.58. The maximum atomic E-state index is 11.9. The van der Waals surface area contributed by atoms with Gasteiger partial charge in [-0.15, -0.1) is 0 Å². The summed E-state index contributed by atoms with van der Waals surface area (Å²) in [6, 6.07) is 0.476. The van der Waals surface area contributed by atoms with Crippen molar-refractivity contribution in [3.8, 4) is 0 Å². The predicted octanol–water partition coefficient (Wildman–Crippen LogP) is 2.56. The van der Waals surface area contributed by atoms with E-state index in [1.165, 1.54) is 19.3 Å². The van der Waals surface area contributed by atoms with Gasteiger partial charge >= 0.3 is 0 Å². The Balaban J connectivity index is 1.87. The molecule has 19 heavy (non-hydrogen) atoms. The Labute approximate surface area is 117 Å². The second kappa shape index (κ2) is 5.08. The molecular weight excluding hydrogens is 236 g/mol. The molecule has 2 aliphatic rings. The summed E-state index contributed by atoms with van der Waals surface area (Å²) < 4.78 is 0. The Morgan fingerprint density at radius 3 is 2.53 bits per heavy atom. The van der Waals surface area contributed by atoms with Crippen LogP contribution in [0.4, 0.5) is 0 Å². The lowest BCUT2D eigenvalue weighted by molar-refractivity contribution is -0.120. The van der Waals surface area contributed by atoms with Gasteiger partial charge in [0, 0.05) is 12.6 Å². The van der Waals surface area contributed by atoms with E-state index >= 15 is 0 Å². The van der Waals surface area contributed by atoms with Gasteiger partial charge in [0.2, 0.25) is 5.91 Å². The van der Waals surface area contributed by atoms with Crippen molar-refractivity contribution < 1.29 is 4.79 Å². The molecule has 3 atom stereocenters. The van der Waals surface area contributed by atoms with E-state index < -0.39 is 0 Å². The highest BCUT2D eigenvalue weighted by molar-refractivity contribution is 5.78. The van der Waals surface area contributed by atoms with E-state index in [4.69, 9.17) is 0 Å². The van der Waals surface area contributed by atoms with E-state index in [0.29, 0.717) is 29.3 Å². The van der Waals surface area contributed by atoms with Crippen molar-refractivity contribution >= 4 is 5.91 Å². The summed E-state index contributed by atoms with van der Waals surface area (Å²) in [5, 5.41) is 6.54. The zero-order chi connectivity index (χ0) is 14.3. The van der Waals surface area contributed by atoms with Crippen LogP contribution < -0.4 is 10.6 Å². The lowest BCUT2D eigenvalue weighted by Gasteiger charge is -2.43. The van der Waals surface area contributed by atoms with Crippen LogP contribution >= 0.6 is 0 Å². The fourth-order valence-corrected chi connectivity index (χ4v) is 4.39. The van der Waals surface area contributed by atoms with Crippen LogP contribution in [0.5, 0.6) is 0 Å². The molecule has 0 aromatic rings.